The first-order valence-electron chi connectivity index (χ1n) is 12.0. The highest BCUT2D eigenvalue weighted by atomic mass is 32.2. The van der Waals surface area contributed by atoms with Crippen LogP contribution in [-0.4, -0.2) is 39.8 Å². The highest BCUT2D eigenvalue weighted by Gasteiger charge is 2.25. The number of hydrogen-bond acceptors (Lipinski definition) is 6. The first kappa shape index (κ1) is 29.0. The molecular weight excluding hydrogens is 518 g/mol. The SMILES string of the molecule is NC(=O)c1ccc(CN(Cc2ccccn2)S(=O)(=O)c2ccc(O)cc2)cc1.O=C(O)CCc1ccccc1. The number of carbonyl (C=O) groups excluding carboxylic acids is 1. The summed E-state index contributed by atoms with van der Waals surface area (Å²) in [5.74, 6) is -1.31. The molecule has 0 radical (unpaired) electrons. The Labute approximate surface area is 227 Å². The number of carboxylic acids is 1. The summed E-state index contributed by atoms with van der Waals surface area (Å²) in [5, 5.41) is 17.8. The van der Waals surface area contributed by atoms with E-state index in [0.717, 1.165) is 5.56 Å². The second kappa shape index (κ2) is 13.8. The molecular formula is C29H29N3O6S. The lowest BCUT2D eigenvalue weighted by Crippen LogP contribution is -2.30. The zero-order chi connectivity index (χ0) is 28.3. The topological polar surface area (TPSA) is 151 Å². The Morgan fingerprint density at radius 3 is 2.00 bits per heavy atom. The summed E-state index contributed by atoms with van der Waals surface area (Å²) in [5.41, 5.74) is 7.97. The van der Waals surface area contributed by atoms with Gasteiger partial charge in [0.1, 0.15) is 5.75 Å². The molecule has 9 nitrogen and oxygen atoms in total. The number of amides is 1. The van der Waals surface area contributed by atoms with Crippen LogP contribution >= 0.6 is 0 Å². The van der Waals surface area contributed by atoms with Gasteiger partial charge in [-0.05, 0) is 66.1 Å². The van der Waals surface area contributed by atoms with Crippen LogP contribution in [0.5, 0.6) is 5.75 Å². The van der Waals surface area contributed by atoms with Gasteiger partial charge in [-0.1, -0.05) is 48.5 Å². The second-order valence-corrected chi connectivity index (χ2v) is 10.5. The van der Waals surface area contributed by atoms with Crippen LogP contribution in [-0.2, 0) is 34.3 Å². The molecule has 0 fully saturated rings. The van der Waals surface area contributed by atoms with E-state index < -0.39 is 21.9 Å². The lowest BCUT2D eigenvalue weighted by molar-refractivity contribution is -0.136. The monoisotopic (exact) mass is 547 g/mol. The van der Waals surface area contributed by atoms with Gasteiger partial charge in [-0.25, -0.2) is 8.42 Å². The van der Waals surface area contributed by atoms with Gasteiger partial charge in [-0.2, -0.15) is 4.31 Å². The van der Waals surface area contributed by atoms with E-state index in [4.69, 9.17) is 10.8 Å². The number of aromatic nitrogens is 1. The van der Waals surface area contributed by atoms with Gasteiger partial charge in [0.25, 0.3) is 0 Å². The Kier molecular flexibility index (Phi) is 10.3. The summed E-state index contributed by atoms with van der Waals surface area (Å²) in [6.07, 6.45) is 2.43. The quantitative estimate of drug-likeness (QED) is 0.272. The average Bonchev–Trinajstić information content (AvgIpc) is 2.93. The molecule has 4 rings (SSSR count). The molecule has 0 aliphatic rings. The van der Waals surface area contributed by atoms with Gasteiger partial charge in [-0.3, -0.25) is 14.6 Å². The Morgan fingerprint density at radius 1 is 0.795 bits per heavy atom. The number of sulfonamides is 1. The number of benzene rings is 3. The van der Waals surface area contributed by atoms with E-state index in [2.05, 4.69) is 4.98 Å². The van der Waals surface area contributed by atoms with Gasteiger partial charge >= 0.3 is 5.97 Å². The fourth-order valence-electron chi connectivity index (χ4n) is 3.54. The number of primary amides is 1. The zero-order valence-electron chi connectivity index (χ0n) is 21.1. The molecule has 1 heterocycles. The first-order valence-corrected chi connectivity index (χ1v) is 13.4. The van der Waals surface area contributed by atoms with Crippen molar-refractivity contribution < 1.29 is 28.2 Å². The molecule has 4 N–H and O–H groups in total. The summed E-state index contributed by atoms with van der Waals surface area (Å²) >= 11 is 0. The zero-order valence-corrected chi connectivity index (χ0v) is 21.9. The van der Waals surface area contributed by atoms with Crippen molar-refractivity contribution in [1.29, 1.82) is 0 Å². The largest absolute Gasteiger partial charge is 0.508 e. The minimum atomic E-state index is -3.85. The Balaban J connectivity index is 0.000000320. The van der Waals surface area contributed by atoms with Gasteiger partial charge in [0, 0.05) is 24.7 Å². The Hall–Kier alpha value is -4.54. The van der Waals surface area contributed by atoms with E-state index in [-0.39, 0.29) is 30.2 Å². The van der Waals surface area contributed by atoms with Crippen molar-refractivity contribution >= 4 is 21.9 Å². The maximum absolute atomic E-state index is 13.2. The maximum atomic E-state index is 13.2. The van der Waals surface area contributed by atoms with Crippen molar-refractivity contribution in [2.24, 2.45) is 5.73 Å². The van der Waals surface area contributed by atoms with Crippen molar-refractivity contribution in [2.45, 2.75) is 30.8 Å². The summed E-state index contributed by atoms with van der Waals surface area (Å²) in [6, 6.07) is 26.7. The third-order valence-electron chi connectivity index (χ3n) is 5.61. The third-order valence-corrected chi connectivity index (χ3v) is 7.41. The van der Waals surface area contributed by atoms with Crippen LogP contribution in [0.15, 0.2) is 108 Å². The van der Waals surface area contributed by atoms with Gasteiger partial charge in [-0.15, -0.1) is 0 Å². The number of phenols is 1. The molecule has 4 aromatic rings. The van der Waals surface area contributed by atoms with Gasteiger partial charge in [0.05, 0.1) is 17.1 Å². The number of pyridine rings is 1. The van der Waals surface area contributed by atoms with Gasteiger partial charge in [0.2, 0.25) is 15.9 Å². The van der Waals surface area contributed by atoms with Crippen LogP contribution in [0, 0.1) is 0 Å². The number of rotatable bonds is 10. The van der Waals surface area contributed by atoms with E-state index in [1.165, 1.54) is 28.6 Å². The predicted octanol–water partition coefficient (Wildman–Crippen LogP) is 3.98. The number of carbonyl (C=O) groups is 2. The molecule has 0 atom stereocenters. The molecule has 202 valence electrons. The Morgan fingerprint density at radius 2 is 1.44 bits per heavy atom. The van der Waals surface area contributed by atoms with Crippen molar-refractivity contribution in [1.82, 2.24) is 9.29 Å². The first-order chi connectivity index (χ1) is 18.6. The second-order valence-electron chi connectivity index (χ2n) is 8.53. The number of phenolic OH excluding ortho intramolecular Hbond substituents is 1. The highest BCUT2D eigenvalue weighted by Crippen LogP contribution is 2.22. The molecule has 0 bridgehead atoms. The molecule has 3 aromatic carbocycles. The maximum Gasteiger partial charge on any atom is 0.303 e. The number of aliphatic carboxylic acids is 1. The standard InChI is InChI=1S/C20H19N3O4S.C9H10O2/c21-20(25)16-6-4-15(5-7-16)13-23(14-17-3-1-2-12-22-17)28(26,27)19-10-8-18(24)9-11-19;10-9(11)7-6-8-4-2-1-3-5-8/h1-12,24H,13-14H2,(H2,21,25);1-5H,6-7H2,(H,10,11). The van der Waals surface area contributed by atoms with E-state index in [1.54, 1.807) is 48.7 Å². The molecule has 0 saturated carbocycles. The van der Waals surface area contributed by atoms with Crippen molar-refractivity contribution in [3.8, 4) is 5.75 Å². The number of aryl methyl sites for hydroxylation is 1. The van der Waals surface area contributed by atoms with Crippen molar-refractivity contribution in [2.75, 3.05) is 0 Å². The van der Waals surface area contributed by atoms with Crippen molar-refractivity contribution in [3.63, 3.8) is 0 Å². The summed E-state index contributed by atoms with van der Waals surface area (Å²) in [7, 11) is -3.85. The fraction of sp³-hybridized carbons (Fsp3) is 0.138. The number of hydrogen-bond donors (Lipinski definition) is 3. The molecule has 1 aromatic heterocycles. The summed E-state index contributed by atoms with van der Waals surface area (Å²) in [6.45, 7) is 0.153. The Bertz CT molecular complexity index is 1460. The minimum absolute atomic E-state index is 0.0164. The number of nitrogens with two attached hydrogens (primary N) is 1. The van der Waals surface area contributed by atoms with Crippen LogP contribution in [0.2, 0.25) is 0 Å². The third kappa shape index (κ3) is 9.06. The molecule has 1 amide bonds. The lowest BCUT2D eigenvalue weighted by Gasteiger charge is -2.22. The summed E-state index contributed by atoms with van der Waals surface area (Å²) in [4.78, 5) is 25.7. The number of carboxylic acid groups (broad SMARTS) is 1. The molecule has 10 heteroatoms. The van der Waals surface area contributed by atoms with Gasteiger partial charge in [0.15, 0.2) is 0 Å². The molecule has 0 aliphatic carbocycles. The fourth-order valence-corrected chi connectivity index (χ4v) is 4.94. The molecule has 0 saturated heterocycles. The predicted molar refractivity (Wildman–Crippen MR) is 146 cm³/mol. The van der Waals surface area contributed by atoms with Crippen molar-refractivity contribution in [3.05, 3.63) is 126 Å². The van der Waals surface area contributed by atoms with Gasteiger partial charge < -0.3 is 15.9 Å². The van der Waals surface area contributed by atoms with E-state index in [0.29, 0.717) is 23.2 Å². The smallest absolute Gasteiger partial charge is 0.303 e. The van der Waals surface area contributed by atoms with Crippen LogP contribution in [0.1, 0.15) is 33.6 Å². The highest BCUT2D eigenvalue weighted by molar-refractivity contribution is 7.89. The molecule has 0 spiro atoms. The lowest BCUT2D eigenvalue weighted by atomic mass is 10.1. The van der Waals surface area contributed by atoms with E-state index in [9.17, 15) is 23.1 Å². The molecule has 0 unspecified atom stereocenters. The normalized spacial score (nSPS) is 10.9. The minimum Gasteiger partial charge on any atom is -0.508 e. The average molecular weight is 548 g/mol. The summed E-state index contributed by atoms with van der Waals surface area (Å²) < 4.78 is 27.6. The van der Waals surface area contributed by atoms with Crippen LogP contribution in [0.3, 0.4) is 0 Å². The number of aromatic hydroxyl groups is 1. The van der Waals surface area contributed by atoms with E-state index >= 15 is 0 Å². The van der Waals surface area contributed by atoms with Crippen LogP contribution < -0.4 is 5.73 Å². The van der Waals surface area contributed by atoms with Crippen LogP contribution in [0.4, 0.5) is 0 Å². The molecule has 39 heavy (non-hydrogen) atoms. The van der Waals surface area contributed by atoms with Crippen LogP contribution in [0.25, 0.3) is 0 Å². The number of nitrogens with zero attached hydrogens (tertiary/aromatic N) is 2. The molecule has 0 aliphatic heterocycles. The van der Waals surface area contributed by atoms with E-state index in [1.807, 2.05) is 30.3 Å².